The van der Waals surface area contributed by atoms with Crippen molar-refractivity contribution in [3.8, 4) is 11.1 Å². The number of fused-ring (bicyclic) bond motifs is 3. The highest BCUT2D eigenvalue weighted by atomic mass is 16.6. The molecular formula is C30H37NO4. The number of benzene rings is 2. The standard InChI is InChI=1S/C30H37NO4/c1-4-29(2,3)20-15-17-30(18-16-20,27(32)33)31(21-13-14-21)28(34)35-19-26-24-11-7-5-9-22(24)23-10-6-8-12-25(23)26/h5-12,20-21,26H,4,13-19H2,1-3H3,(H,32,33). The first-order valence-electron chi connectivity index (χ1n) is 13.2. The average Bonchev–Trinajstić information content (AvgIpc) is 3.64. The van der Waals surface area contributed by atoms with Crippen LogP contribution >= 0.6 is 0 Å². The van der Waals surface area contributed by atoms with Crippen molar-refractivity contribution in [2.24, 2.45) is 11.3 Å². The number of carbonyl (C=O) groups is 2. The number of aliphatic carboxylic acids is 1. The summed E-state index contributed by atoms with van der Waals surface area (Å²) in [6.07, 6.45) is 4.95. The van der Waals surface area contributed by atoms with Gasteiger partial charge in [-0.05, 0) is 72.1 Å². The molecule has 2 fully saturated rings. The number of hydrogen-bond acceptors (Lipinski definition) is 3. The Bertz CT molecular complexity index is 1070. The summed E-state index contributed by atoms with van der Waals surface area (Å²) in [6.45, 7) is 6.97. The van der Waals surface area contributed by atoms with Crippen LogP contribution in [-0.4, -0.2) is 40.3 Å². The lowest BCUT2D eigenvalue weighted by molar-refractivity contribution is -0.155. The van der Waals surface area contributed by atoms with E-state index in [1.807, 2.05) is 24.3 Å². The monoisotopic (exact) mass is 475 g/mol. The van der Waals surface area contributed by atoms with Crippen LogP contribution in [0.3, 0.4) is 0 Å². The van der Waals surface area contributed by atoms with E-state index in [0.717, 1.165) is 43.2 Å². The van der Waals surface area contributed by atoms with Gasteiger partial charge in [0.2, 0.25) is 0 Å². The fourth-order valence-electron chi connectivity index (χ4n) is 6.39. The highest BCUT2D eigenvalue weighted by Gasteiger charge is 2.55. The van der Waals surface area contributed by atoms with Gasteiger partial charge in [-0.1, -0.05) is 75.7 Å². The molecule has 5 rings (SSSR count). The Kier molecular flexibility index (Phi) is 6.14. The summed E-state index contributed by atoms with van der Waals surface area (Å²) in [4.78, 5) is 27.9. The molecule has 5 heteroatoms. The number of carboxylic acid groups (broad SMARTS) is 1. The van der Waals surface area contributed by atoms with Gasteiger partial charge in [0.1, 0.15) is 12.1 Å². The lowest BCUT2D eigenvalue weighted by Crippen LogP contribution is -2.60. The zero-order chi connectivity index (χ0) is 24.8. The van der Waals surface area contributed by atoms with Crippen LogP contribution in [0.15, 0.2) is 48.5 Å². The lowest BCUT2D eigenvalue weighted by atomic mass is 9.65. The largest absolute Gasteiger partial charge is 0.479 e. The highest BCUT2D eigenvalue weighted by Crippen LogP contribution is 2.49. The molecule has 0 unspecified atom stereocenters. The summed E-state index contributed by atoms with van der Waals surface area (Å²) < 4.78 is 5.97. The van der Waals surface area contributed by atoms with Gasteiger partial charge in [-0.15, -0.1) is 0 Å². The van der Waals surface area contributed by atoms with Crippen molar-refractivity contribution >= 4 is 12.1 Å². The molecule has 0 saturated heterocycles. The first-order chi connectivity index (χ1) is 16.8. The Morgan fingerprint density at radius 2 is 1.51 bits per heavy atom. The van der Waals surface area contributed by atoms with Crippen LogP contribution in [0.1, 0.15) is 82.8 Å². The maximum Gasteiger partial charge on any atom is 0.411 e. The van der Waals surface area contributed by atoms with Crippen molar-refractivity contribution in [2.45, 2.75) is 83.2 Å². The fourth-order valence-corrected chi connectivity index (χ4v) is 6.39. The number of carbonyl (C=O) groups excluding carboxylic acids is 1. The van der Waals surface area contributed by atoms with Crippen LogP contribution in [-0.2, 0) is 9.53 Å². The first-order valence-corrected chi connectivity index (χ1v) is 13.2. The van der Waals surface area contributed by atoms with Gasteiger partial charge >= 0.3 is 12.1 Å². The Labute approximate surface area is 208 Å². The minimum Gasteiger partial charge on any atom is -0.479 e. The van der Waals surface area contributed by atoms with Crippen LogP contribution in [0.25, 0.3) is 11.1 Å². The van der Waals surface area contributed by atoms with Crippen molar-refractivity contribution in [1.82, 2.24) is 4.90 Å². The third-order valence-electron chi connectivity index (χ3n) is 9.13. The topological polar surface area (TPSA) is 66.8 Å². The van der Waals surface area contributed by atoms with Gasteiger partial charge in [-0.25, -0.2) is 9.59 Å². The predicted octanol–water partition coefficient (Wildman–Crippen LogP) is 6.85. The van der Waals surface area contributed by atoms with E-state index in [-0.39, 0.29) is 24.0 Å². The second-order valence-electron chi connectivity index (χ2n) is 11.4. The second-order valence-corrected chi connectivity index (χ2v) is 11.4. The van der Waals surface area contributed by atoms with Crippen molar-refractivity contribution in [3.63, 3.8) is 0 Å². The van der Waals surface area contributed by atoms with E-state index >= 15 is 0 Å². The number of amides is 1. The van der Waals surface area contributed by atoms with E-state index in [0.29, 0.717) is 18.8 Å². The number of ether oxygens (including phenoxy) is 1. The third kappa shape index (κ3) is 4.13. The number of hydrogen-bond donors (Lipinski definition) is 1. The van der Waals surface area contributed by atoms with Gasteiger partial charge in [0.25, 0.3) is 0 Å². The zero-order valence-corrected chi connectivity index (χ0v) is 21.1. The molecule has 1 N–H and O–H groups in total. The van der Waals surface area contributed by atoms with Crippen LogP contribution in [0.5, 0.6) is 0 Å². The average molecular weight is 476 g/mol. The summed E-state index contributed by atoms with van der Waals surface area (Å²) in [7, 11) is 0. The maximum absolute atomic E-state index is 13.6. The molecule has 0 spiro atoms. The molecule has 0 aliphatic heterocycles. The number of carboxylic acids is 1. The molecule has 0 atom stereocenters. The molecule has 3 aliphatic carbocycles. The zero-order valence-electron chi connectivity index (χ0n) is 21.1. The molecule has 2 aromatic carbocycles. The Morgan fingerprint density at radius 1 is 0.971 bits per heavy atom. The third-order valence-corrected chi connectivity index (χ3v) is 9.13. The first kappa shape index (κ1) is 23.9. The van der Waals surface area contributed by atoms with E-state index in [1.165, 1.54) is 11.1 Å². The van der Waals surface area contributed by atoms with E-state index in [1.54, 1.807) is 4.90 Å². The van der Waals surface area contributed by atoms with Crippen molar-refractivity contribution in [1.29, 1.82) is 0 Å². The number of rotatable bonds is 7. The SMILES string of the molecule is CCC(C)(C)C1CCC(C(=O)O)(N(C(=O)OCC2c3ccccc3-c3ccccc32)C2CC2)CC1. The summed E-state index contributed by atoms with van der Waals surface area (Å²) in [6, 6.07) is 16.5. The summed E-state index contributed by atoms with van der Waals surface area (Å²) in [5.41, 5.74) is 3.71. The van der Waals surface area contributed by atoms with E-state index < -0.39 is 17.6 Å². The van der Waals surface area contributed by atoms with Gasteiger partial charge in [0.15, 0.2) is 0 Å². The quantitative estimate of drug-likeness (QED) is 0.475. The summed E-state index contributed by atoms with van der Waals surface area (Å²) in [5.74, 6) is -0.441. The Morgan fingerprint density at radius 3 is 2.00 bits per heavy atom. The van der Waals surface area contributed by atoms with Crippen molar-refractivity contribution in [2.75, 3.05) is 6.61 Å². The maximum atomic E-state index is 13.6. The molecular weight excluding hydrogens is 438 g/mol. The molecule has 186 valence electrons. The molecule has 2 saturated carbocycles. The molecule has 35 heavy (non-hydrogen) atoms. The van der Waals surface area contributed by atoms with E-state index in [9.17, 15) is 14.7 Å². The normalized spacial score (nSPS) is 23.9. The van der Waals surface area contributed by atoms with Gasteiger partial charge in [0, 0.05) is 12.0 Å². The van der Waals surface area contributed by atoms with E-state index in [4.69, 9.17) is 4.74 Å². The van der Waals surface area contributed by atoms with Crippen LogP contribution < -0.4 is 0 Å². The van der Waals surface area contributed by atoms with Crippen LogP contribution in [0.4, 0.5) is 4.79 Å². The highest BCUT2D eigenvalue weighted by molar-refractivity contribution is 5.85. The second kappa shape index (κ2) is 9.00. The summed E-state index contributed by atoms with van der Waals surface area (Å²) >= 11 is 0. The molecule has 0 heterocycles. The number of nitrogens with zero attached hydrogens (tertiary/aromatic N) is 1. The fraction of sp³-hybridized carbons (Fsp3) is 0.533. The van der Waals surface area contributed by atoms with E-state index in [2.05, 4.69) is 45.0 Å². The summed E-state index contributed by atoms with van der Waals surface area (Å²) in [5, 5.41) is 10.4. The minimum atomic E-state index is -1.16. The van der Waals surface area contributed by atoms with Gasteiger partial charge in [-0.3, -0.25) is 4.90 Å². The molecule has 5 nitrogen and oxygen atoms in total. The molecule has 0 radical (unpaired) electrons. The molecule has 1 amide bonds. The molecule has 0 bridgehead atoms. The minimum absolute atomic E-state index is 0.0301. The van der Waals surface area contributed by atoms with Gasteiger partial charge < -0.3 is 9.84 Å². The Balaban J connectivity index is 1.36. The lowest BCUT2D eigenvalue weighted by Gasteiger charge is -2.47. The smallest absolute Gasteiger partial charge is 0.411 e. The van der Waals surface area contributed by atoms with Crippen molar-refractivity contribution in [3.05, 3.63) is 59.7 Å². The molecule has 3 aliphatic rings. The van der Waals surface area contributed by atoms with Crippen molar-refractivity contribution < 1.29 is 19.4 Å². The van der Waals surface area contributed by atoms with Crippen LogP contribution in [0.2, 0.25) is 0 Å². The van der Waals surface area contributed by atoms with Gasteiger partial charge in [-0.2, -0.15) is 0 Å². The van der Waals surface area contributed by atoms with Gasteiger partial charge in [0.05, 0.1) is 0 Å². The predicted molar refractivity (Wildman–Crippen MR) is 136 cm³/mol. The van der Waals surface area contributed by atoms with Crippen LogP contribution in [0, 0.1) is 11.3 Å². The molecule has 2 aromatic rings. The molecule has 0 aromatic heterocycles. The Hall–Kier alpha value is -2.82.